The van der Waals surface area contributed by atoms with Crippen LogP contribution in [-0.4, -0.2) is 61.9 Å². The van der Waals surface area contributed by atoms with E-state index in [1.807, 2.05) is 7.05 Å². The molecule has 0 bridgehead atoms. The van der Waals surface area contributed by atoms with Crippen molar-refractivity contribution in [3.8, 4) is 0 Å². The Morgan fingerprint density at radius 3 is 2.26 bits per heavy atom. The molecule has 6 nitrogen and oxygen atoms in total. The van der Waals surface area contributed by atoms with Crippen LogP contribution in [0.1, 0.15) is 50.7 Å². The second kappa shape index (κ2) is 11.5. The third-order valence-electron chi connectivity index (χ3n) is 6.70. The molecule has 2 aliphatic heterocycles. The smallest absolute Gasteiger partial charge is 0.220 e. The molecule has 2 N–H and O–H groups in total. The first-order chi connectivity index (χ1) is 15.0. The summed E-state index contributed by atoms with van der Waals surface area (Å²) in [5.41, 5.74) is 2.67. The quantitative estimate of drug-likeness (QED) is 0.541. The van der Waals surface area contributed by atoms with Gasteiger partial charge in [0.1, 0.15) is 0 Å². The molecular formula is C25H41N5O. The Morgan fingerprint density at radius 2 is 1.68 bits per heavy atom. The maximum absolute atomic E-state index is 11.6. The molecule has 172 valence electrons. The Kier molecular flexibility index (Phi) is 8.76. The van der Waals surface area contributed by atoms with Gasteiger partial charge in [0.2, 0.25) is 5.91 Å². The number of hydrogen-bond donors (Lipinski definition) is 2. The molecule has 0 spiro atoms. The highest BCUT2D eigenvalue weighted by Gasteiger charge is 2.23. The van der Waals surface area contributed by atoms with E-state index >= 15 is 0 Å². The van der Waals surface area contributed by atoms with Gasteiger partial charge in [-0.25, -0.2) is 0 Å². The van der Waals surface area contributed by atoms with Gasteiger partial charge in [-0.3, -0.25) is 14.7 Å². The normalized spacial score (nSPS) is 23.6. The molecule has 0 aromatic heterocycles. The molecule has 0 radical (unpaired) electrons. The molecule has 0 aliphatic carbocycles. The number of guanidine groups is 1. The van der Waals surface area contributed by atoms with E-state index in [4.69, 9.17) is 0 Å². The predicted molar refractivity (Wildman–Crippen MR) is 128 cm³/mol. The molecule has 1 amide bonds. The van der Waals surface area contributed by atoms with E-state index in [0.29, 0.717) is 12.3 Å². The fourth-order valence-electron chi connectivity index (χ4n) is 5.17. The zero-order valence-corrected chi connectivity index (χ0v) is 19.9. The summed E-state index contributed by atoms with van der Waals surface area (Å²) < 4.78 is 0. The third kappa shape index (κ3) is 7.23. The van der Waals surface area contributed by atoms with Crippen LogP contribution in [0.15, 0.2) is 29.3 Å². The van der Waals surface area contributed by atoms with Crippen molar-refractivity contribution in [1.29, 1.82) is 0 Å². The summed E-state index contributed by atoms with van der Waals surface area (Å²) in [4.78, 5) is 21.0. The number of carbonyl (C=O) groups is 1. The van der Waals surface area contributed by atoms with E-state index in [9.17, 15) is 4.79 Å². The van der Waals surface area contributed by atoms with Gasteiger partial charge in [0.15, 0.2) is 5.96 Å². The molecule has 2 unspecified atom stereocenters. The minimum atomic E-state index is 0.147. The van der Waals surface area contributed by atoms with Gasteiger partial charge < -0.3 is 15.5 Å². The predicted octanol–water partition coefficient (Wildman–Crippen LogP) is 3.09. The van der Waals surface area contributed by atoms with E-state index < -0.39 is 0 Å². The van der Waals surface area contributed by atoms with Crippen LogP contribution in [0.4, 0.5) is 0 Å². The lowest BCUT2D eigenvalue weighted by atomic mass is 9.91. The van der Waals surface area contributed by atoms with Crippen LogP contribution >= 0.6 is 0 Å². The highest BCUT2D eigenvalue weighted by atomic mass is 16.1. The molecule has 31 heavy (non-hydrogen) atoms. The molecule has 3 rings (SSSR count). The van der Waals surface area contributed by atoms with Crippen molar-refractivity contribution in [3.63, 3.8) is 0 Å². The van der Waals surface area contributed by atoms with Gasteiger partial charge in [-0.05, 0) is 48.1 Å². The van der Waals surface area contributed by atoms with Crippen LogP contribution in [0.5, 0.6) is 0 Å². The monoisotopic (exact) mass is 427 g/mol. The Balaban J connectivity index is 1.44. The van der Waals surface area contributed by atoms with Crippen LogP contribution in [-0.2, 0) is 17.9 Å². The number of rotatable bonds is 6. The van der Waals surface area contributed by atoms with Crippen molar-refractivity contribution in [2.75, 3.05) is 40.3 Å². The van der Waals surface area contributed by atoms with Gasteiger partial charge in [0, 0.05) is 59.8 Å². The number of likely N-dealkylation sites (tertiary alicyclic amines) is 2. The van der Waals surface area contributed by atoms with Gasteiger partial charge in [0.25, 0.3) is 0 Å². The summed E-state index contributed by atoms with van der Waals surface area (Å²) in [6.45, 7) is 10.9. The van der Waals surface area contributed by atoms with Crippen molar-refractivity contribution >= 4 is 11.9 Å². The minimum Gasteiger partial charge on any atom is -0.359 e. The number of benzene rings is 1. The fourth-order valence-corrected chi connectivity index (χ4v) is 5.17. The van der Waals surface area contributed by atoms with Gasteiger partial charge in [-0.1, -0.05) is 38.1 Å². The SMILES string of the molecule is CN=C(NCc1ccc(CN2CC(C)CC(C)C2)cc1)N1CCC(CC(=O)NC)CC1. The maximum atomic E-state index is 11.6. The number of aliphatic imine (C=N–C) groups is 1. The van der Waals surface area contributed by atoms with E-state index in [1.54, 1.807) is 7.05 Å². The Hall–Kier alpha value is -2.08. The second-order valence-electron chi connectivity index (χ2n) is 9.67. The van der Waals surface area contributed by atoms with Crippen molar-refractivity contribution in [2.24, 2.45) is 22.7 Å². The molecular weight excluding hydrogens is 386 g/mol. The van der Waals surface area contributed by atoms with E-state index in [-0.39, 0.29) is 5.91 Å². The zero-order valence-electron chi connectivity index (χ0n) is 19.9. The first-order valence-electron chi connectivity index (χ1n) is 11.9. The van der Waals surface area contributed by atoms with Gasteiger partial charge >= 0.3 is 0 Å². The fraction of sp³-hybridized carbons (Fsp3) is 0.680. The Bertz CT molecular complexity index is 714. The van der Waals surface area contributed by atoms with Gasteiger partial charge in [0.05, 0.1) is 0 Å². The molecule has 2 heterocycles. The molecule has 2 saturated heterocycles. The third-order valence-corrected chi connectivity index (χ3v) is 6.70. The summed E-state index contributed by atoms with van der Waals surface area (Å²) in [6.07, 6.45) is 4.07. The molecule has 6 heteroatoms. The summed E-state index contributed by atoms with van der Waals surface area (Å²) >= 11 is 0. The summed E-state index contributed by atoms with van der Waals surface area (Å²) in [5.74, 6) is 3.18. The zero-order chi connectivity index (χ0) is 22.2. The second-order valence-corrected chi connectivity index (χ2v) is 9.67. The lowest BCUT2D eigenvalue weighted by molar-refractivity contribution is -0.121. The Labute approximate surface area is 188 Å². The van der Waals surface area contributed by atoms with Gasteiger partial charge in [-0.2, -0.15) is 0 Å². The van der Waals surface area contributed by atoms with E-state index in [0.717, 1.165) is 56.8 Å². The topological polar surface area (TPSA) is 60.0 Å². The molecule has 1 aromatic rings. The summed E-state index contributed by atoms with van der Waals surface area (Å²) in [6, 6.07) is 9.02. The number of piperidine rings is 2. The van der Waals surface area contributed by atoms with Crippen molar-refractivity contribution in [2.45, 2.75) is 52.6 Å². The van der Waals surface area contributed by atoms with E-state index in [1.165, 1.54) is 30.6 Å². The highest BCUT2D eigenvalue weighted by Crippen LogP contribution is 2.23. The highest BCUT2D eigenvalue weighted by molar-refractivity contribution is 5.80. The number of nitrogens with one attached hydrogen (secondary N) is 2. The largest absolute Gasteiger partial charge is 0.359 e. The molecule has 1 aromatic carbocycles. The lowest BCUT2D eigenvalue weighted by Crippen LogP contribution is -2.45. The molecule has 2 aliphatic rings. The average Bonchev–Trinajstić information content (AvgIpc) is 2.75. The average molecular weight is 428 g/mol. The van der Waals surface area contributed by atoms with Crippen molar-refractivity contribution < 1.29 is 4.79 Å². The number of nitrogens with zero attached hydrogens (tertiary/aromatic N) is 3. The first kappa shape index (κ1) is 23.6. The molecule has 2 atom stereocenters. The number of amides is 1. The minimum absolute atomic E-state index is 0.147. The number of carbonyl (C=O) groups excluding carboxylic acids is 1. The summed E-state index contributed by atoms with van der Waals surface area (Å²) in [5, 5.41) is 6.26. The standard InChI is InChI=1S/C25H41N5O/c1-19-13-20(2)17-29(16-19)18-23-7-5-22(6-8-23)15-28-25(27-4)30-11-9-21(10-12-30)14-24(31)26-3/h5-8,19-21H,9-18H2,1-4H3,(H,26,31)(H,27,28). The van der Waals surface area contributed by atoms with Crippen molar-refractivity contribution in [1.82, 2.24) is 20.4 Å². The van der Waals surface area contributed by atoms with Crippen molar-refractivity contribution in [3.05, 3.63) is 35.4 Å². The Morgan fingerprint density at radius 1 is 1.06 bits per heavy atom. The lowest BCUT2D eigenvalue weighted by Gasteiger charge is -2.35. The molecule has 0 saturated carbocycles. The van der Waals surface area contributed by atoms with Gasteiger partial charge in [-0.15, -0.1) is 0 Å². The van der Waals surface area contributed by atoms with Crippen LogP contribution in [0.3, 0.4) is 0 Å². The maximum Gasteiger partial charge on any atom is 0.220 e. The molecule has 2 fully saturated rings. The number of hydrogen-bond acceptors (Lipinski definition) is 3. The van der Waals surface area contributed by atoms with Crippen LogP contribution in [0.2, 0.25) is 0 Å². The van der Waals surface area contributed by atoms with E-state index in [2.05, 4.69) is 63.5 Å². The summed E-state index contributed by atoms with van der Waals surface area (Å²) in [7, 11) is 3.56. The first-order valence-corrected chi connectivity index (χ1v) is 11.9. The van der Waals surface area contributed by atoms with Crippen LogP contribution in [0.25, 0.3) is 0 Å². The van der Waals surface area contributed by atoms with Crippen LogP contribution in [0, 0.1) is 17.8 Å². The van der Waals surface area contributed by atoms with Crippen LogP contribution < -0.4 is 10.6 Å².